The first-order valence-corrected chi connectivity index (χ1v) is 9.15. The molecule has 0 aliphatic carbocycles. The van der Waals surface area contributed by atoms with E-state index in [0.29, 0.717) is 25.4 Å². The van der Waals surface area contributed by atoms with Crippen LogP contribution in [0.4, 0.5) is 0 Å². The first-order chi connectivity index (χ1) is 13.1. The number of aliphatic hydroxyl groups is 2. The van der Waals surface area contributed by atoms with Crippen LogP contribution in [0.25, 0.3) is 11.4 Å². The zero-order valence-electron chi connectivity index (χ0n) is 15.5. The summed E-state index contributed by atoms with van der Waals surface area (Å²) in [7, 11) is 0. The van der Waals surface area contributed by atoms with Crippen LogP contribution in [-0.2, 0) is 4.79 Å². The fourth-order valence-corrected chi connectivity index (χ4v) is 3.19. The molecule has 3 rings (SSSR count). The molecule has 3 heterocycles. The summed E-state index contributed by atoms with van der Waals surface area (Å²) in [4.78, 5) is 18.7. The molecule has 1 atom stereocenters. The Morgan fingerprint density at radius 1 is 1.37 bits per heavy atom. The molecular weight excluding hydrogens is 348 g/mol. The molecule has 2 aromatic rings. The van der Waals surface area contributed by atoms with Crippen molar-refractivity contribution >= 4 is 5.91 Å². The average Bonchev–Trinajstić information content (AvgIpc) is 3.26. The largest absolute Gasteiger partial charge is 0.492 e. The number of nitrogens with one attached hydrogen (secondary N) is 1. The van der Waals surface area contributed by atoms with Crippen molar-refractivity contribution in [3.8, 4) is 17.1 Å². The van der Waals surface area contributed by atoms with Gasteiger partial charge in [0.25, 0.3) is 0 Å². The molecule has 1 saturated heterocycles. The van der Waals surface area contributed by atoms with Gasteiger partial charge in [-0.25, -0.2) is 0 Å². The number of aliphatic hydroxyl groups excluding tert-OH is 2. The molecule has 0 aromatic carbocycles. The van der Waals surface area contributed by atoms with Crippen LogP contribution in [0.3, 0.4) is 0 Å². The third kappa shape index (κ3) is 4.45. The number of hydrogen-bond donors (Lipinski definition) is 3. The van der Waals surface area contributed by atoms with Crippen LogP contribution in [0.1, 0.15) is 19.8 Å². The van der Waals surface area contributed by atoms with Crippen molar-refractivity contribution in [2.24, 2.45) is 11.3 Å². The Hall–Kier alpha value is -2.45. The van der Waals surface area contributed by atoms with Gasteiger partial charge >= 0.3 is 0 Å². The Morgan fingerprint density at radius 2 is 2.19 bits per heavy atom. The second-order valence-corrected chi connectivity index (χ2v) is 7.30. The number of aromatic amines is 1. The quantitative estimate of drug-likeness (QED) is 0.669. The highest BCUT2D eigenvalue weighted by atomic mass is 16.5. The molecule has 0 spiro atoms. The summed E-state index contributed by atoms with van der Waals surface area (Å²) in [6.07, 6.45) is 5.20. The monoisotopic (exact) mass is 374 g/mol. The lowest BCUT2D eigenvalue weighted by Crippen LogP contribution is -2.50. The molecule has 0 radical (unpaired) electrons. The summed E-state index contributed by atoms with van der Waals surface area (Å²) < 4.78 is 5.86. The first-order valence-electron chi connectivity index (χ1n) is 9.15. The van der Waals surface area contributed by atoms with E-state index in [-0.39, 0.29) is 25.0 Å². The van der Waals surface area contributed by atoms with Gasteiger partial charge in [-0.05, 0) is 38.0 Å². The molecule has 27 heavy (non-hydrogen) atoms. The SMILES string of the molecule is CC(CO)(CO)C(=O)N1CCC[C@@H](COc2ccc(-c3ccn[nH]3)nc2)C1. The lowest BCUT2D eigenvalue weighted by molar-refractivity contribution is -0.148. The van der Waals surface area contributed by atoms with Crippen LogP contribution in [0.15, 0.2) is 30.6 Å². The van der Waals surface area contributed by atoms with Gasteiger partial charge in [0.2, 0.25) is 5.91 Å². The van der Waals surface area contributed by atoms with Gasteiger partial charge < -0.3 is 19.8 Å². The molecule has 0 unspecified atom stereocenters. The van der Waals surface area contributed by atoms with Crippen molar-refractivity contribution in [3.05, 3.63) is 30.6 Å². The number of hydrogen-bond acceptors (Lipinski definition) is 6. The van der Waals surface area contributed by atoms with Gasteiger partial charge in [-0.1, -0.05) is 0 Å². The number of pyridine rings is 1. The van der Waals surface area contributed by atoms with E-state index in [1.54, 1.807) is 24.2 Å². The average molecular weight is 374 g/mol. The summed E-state index contributed by atoms with van der Waals surface area (Å²) in [5, 5.41) is 25.7. The topological polar surface area (TPSA) is 112 Å². The fourth-order valence-electron chi connectivity index (χ4n) is 3.19. The molecule has 1 aliphatic heterocycles. The maximum atomic E-state index is 12.6. The minimum absolute atomic E-state index is 0.205. The zero-order chi connectivity index (χ0) is 19.3. The molecule has 3 N–H and O–H groups in total. The van der Waals surface area contributed by atoms with E-state index < -0.39 is 5.41 Å². The molecule has 8 heteroatoms. The number of H-pyrrole nitrogens is 1. The molecule has 1 aliphatic rings. The molecule has 1 amide bonds. The lowest BCUT2D eigenvalue weighted by Gasteiger charge is -2.37. The Bertz CT molecular complexity index is 729. The number of nitrogens with zero attached hydrogens (tertiary/aromatic N) is 3. The van der Waals surface area contributed by atoms with Gasteiger partial charge in [0.15, 0.2) is 0 Å². The Labute approximate surface area is 158 Å². The maximum absolute atomic E-state index is 12.6. The van der Waals surface area contributed by atoms with Crippen molar-refractivity contribution in [2.75, 3.05) is 32.9 Å². The highest BCUT2D eigenvalue weighted by Gasteiger charge is 2.37. The molecular formula is C19H26N4O4. The smallest absolute Gasteiger partial charge is 0.233 e. The Kier molecular flexibility index (Phi) is 6.08. The number of rotatable bonds is 7. The van der Waals surface area contributed by atoms with Crippen LogP contribution < -0.4 is 4.74 Å². The third-order valence-electron chi connectivity index (χ3n) is 5.02. The third-order valence-corrected chi connectivity index (χ3v) is 5.02. The first kappa shape index (κ1) is 19.3. The van der Waals surface area contributed by atoms with E-state index in [2.05, 4.69) is 15.2 Å². The second kappa shape index (κ2) is 8.49. The number of piperidine rings is 1. The number of amides is 1. The van der Waals surface area contributed by atoms with Gasteiger partial charge in [-0.2, -0.15) is 5.10 Å². The fraction of sp³-hybridized carbons (Fsp3) is 0.526. The van der Waals surface area contributed by atoms with Crippen LogP contribution in [0.2, 0.25) is 0 Å². The van der Waals surface area contributed by atoms with Gasteiger partial charge in [0.1, 0.15) is 5.75 Å². The molecule has 0 bridgehead atoms. The van der Waals surface area contributed by atoms with E-state index in [0.717, 1.165) is 24.2 Å². The number of aromatic nitrogens is 3. The molecule has 2 aromatic heterocycles. The van der Waals surface area contributed by atoms with E-state index in [1.807, 2.05) is 18.2 Å². The Morgan fingerprint density at radius 3 is 2.81 bits per heavy atom. The number of carbonyl (C=O) groups excluding carboxylic acids is 1. The standard InChI is InChI=1S/C19H26N4O4/c1-19(12-24,13-25)18(26)23-8-2-3-14(10-23)11-27-15-4-5-16(20-9-15)17-6-7-21-22-17/h4-7,9,14,24-25H,2-3,8,10-13H2,1H3,(H,21,22)/t14-/m1/s1. The van der Waals surface area contributed by atoms with E-state index in [9.17, 15) is 15.0 Å². The van der Waals surface area contributed by atoms with Gasteiger partial charge in [0.05, 0.1) is 42.8 Å². The van der Waals surface area contributed by atoms with Crippen molar-refractivity contribution < 1.29 is 19.7 Å². The maximum Gasteiger partial charge on any atom is 0.233 e. The van der Waals surface area contributed by atoms with Crippen molar-refractivity contribution in [1.82, 2.24) is 20.1 Å². The minimum atomic E-state index is -1.13. The summed E-state index contributed by atoms with van der Waals surface area (Å²) in [6, 6.07) is 5.58. The summed E-state index contributed by atoms with van der Waals surface area (Å²) in [6.45, 7) is 2.55. The Balaban J connectivity index is 1.54. The second-order valence-electron chi connectivity index (χ2n) is 7.30. The van der Waals surface area contributed by atoms with Crippen LogP contribution in [0, 0.1) is 11.3 Å². The zero-order valence-corrected chi connectivity index (χ0v) is 15.5. The van der Waals surface area contributed by atoms with Gasteiger partial charge in [-0.15, -0.1) is 0 Å². The van der Waals surface area contributed by atoms with Crippen molar-refractivity contribution in [2.45, 2.75) is 19.8 Å². The summed E-state index contributed by atoms with van der Waals surface area (Å²) >= 11 is 0. The molecule has 8 nitrogen and oxygen atoms in total. The predicted molar refractivity (Wildman–Crippen MR) is 98.9 cm³/mol. The van der Waals surface area contributed by atoms with Crippen LogP contribution in [0.5, 0.6) is 5.75 Å². The highest BCUT2D eigenvalue weighted by Crippen LogP contribution is 2.25. The van der Waals surface area contributed by atoms with Crippen molar-refractivity contribution in [1.29, 1.82) is 0 Å². The number of ether oxygens (including phenoxy) is 1. The van der Waals surface area contributed by atoms with Gasteiger partial charge in [-0.3, -0.25) is 14.9 Å². The predicted octanol–water partition coefficient (Wildman–Crippen LogP) is 1.08. The minimum Gasteiger partial charge on any atom is -0.492 e. The van der Waals surface area contributed by atoms with E-state index in [4.69, 9.17) is 4.74 Å². The van der Waals surface area contributed by atoms with Crippen molar-refractivity contribution in [3.63, 3.8) is 0 Å². The van der Waals surface area contributed by atoms with E-state index in [1.165, 1.54) is 0 Å². The summed E-state index contributed by atoms with van der Waals surface area (Å²) in [5.74, 6) is 0.677. The normalized spacial score (nSPS) is 17.7. The highest BCUT2D eigenvalue weighted by molar-refractivity contribution is 5.82. The molecule has 146 valence electrons. The van der Waals surface area contributed by atoms with E-state index >= 15 is 0 Å². The molecule has 0 saturated carbocycles. The van der Waals surface area contributed by atoms with Crippen LogP contribution >= 0.6 is 0 Å². The number of carbonyl (C=O) groups is 1. The lowest BCUT2D eigenvalue weighted by atomic mass is 9.89. The number of likely N-dealkylation sites (tertiary alicyclic amines) is 1. The summed E-state index contributed by atoms with van der Waals surface area (Å²) in [5.41, 5.74) is 0.509. The van der Waals surface area contributed by atoms with Crippen LogP contribution in [-0.4, -0.2) is 69.1 Å². The van der Waals surface area contributed by atoms with Gasteiger partial charge in [0, 0.05) is 25.2 Å². The molecule has 1 fully saturated rings.